The summed E-state index contributed by atoms with van der Waals surface area (Å²) in [7, 11) is -2.11. The molecule has 1 aromatic rings. The standard InChI is InChI=1S/C14H17NO4S/c1-19-13-7-6-12(5-4-10-16)11-14(13)20(17,18)15-8-2-3-9-15/h6-7,11,16H,2-3,8-10H2,1H3. The first kappa shape index (κ1) is 14.9. The lowest BCUT2D eigenvalue weighted by molar-refractivity contribution is 0.350. The third-order valence-electron chi connectivity index (χ3n) is 3.16. The van der Waals surface area contributed by atoms with Gasteiger partial charge in [-0.15, -0.1) is 0 Å². The highest BCUT2D eigenvalue weighted by molar-refractivity contribution is 7.89. The van der Waals surface area contributed by atoms with E-state index in [4.69, 9.17) is 9.84 Å². The molecule has 20 heavy (non-hydrogen) atoms. The maximum atomic E-state index is 12.6. The van der Waals surface area contributed by atoms with Crippen LogP contribution in [0.2, 0.25) is 0 Å². The molecule has 0 bridgehead atoms. The van der Waals surface area contributed by atoms with E-state index in [9.17, 15) is 8.42 Å². The van der Waals surface area contributed by atoms with Crippen molar-refractivity contribution in [3.63, 3.8) is 0 Å². The van der Waals surface area contributed by atoms with Crippen LogP contribution in [0.1, 0.15) is 18.4 Å². The Morgan fingerprint density at radius 1 is 1.35 bits per heavy atom. The van der Waals surface area contributed by atoms with Crippen molar-refractivity contribution in [3.05, 3.63) is 23.8 Å². The summed E-state index contributed by atoms with van der Waals surface area (Å²) in [6.45, 7) is 0.816. The molecule has 0 unspecified atom stereocenters. The van der Waals surface area contributed by atoms with E-state index in [0.717, 1.165) is 12.8 Å². The number of ether oxygens (including phenoxy) is 1. The highest BCUT2D eigenvalue weighted by Gasteiger charge is 2.29. The zero-order chi connectivity index (χ0) is 14.6. The Bertz CT molecular complexity index is 637. The molecule has 1 aliphatic heterocycles. The molecule has 0 saturated carbocycles. The van der Waals surface area contributed by atoms with Gasteiger partial charge in [-0.2, -0.15) is 4.31 Å². The summed E-state index contributed by atoms with van der Waals surface area (Å²) >= 11 is 0. The van der Waals surface area contributed by atoms with Gasteiger partial charge in [0.1, 0.15) is 17.3 Å². The lowest BCUT2D eigenvalue weighted by atomic mass is 10.2. The number of sulfonamides is 1. The van der Waals surface area contributed by atoms with Crippen molar-refractivity contribution in [3.8, 4) is 17.6 Å². The Morgan fingerprint density at radius 2 is 2.05 bits per heavy atom. The minimum atomic E-state index is -3.55. The fourth-order valence-corrected chi connectivity index (χ4v) is 3.86. The average molecular weight is 295 g/mol. The van der Waals surface area contributed by atoms with Crippen LogP contribution in [0.25, 0.3) is 0 Å². The second-order valence-corrected chi connectivity index (χ2v) is 6.34. The molecule has 1 N–H and O–H groups in total. The summed E-state index contributed by atoms with van der Waals surface area (Å²) < 4.78 is 31.8. The van der Waals surface area contributed by atoms with Crippen LogP contribution in [-0.2, 0) is 10.0 Å². The van der Waals surface area contributed by atoms with E-state index in [1.54, 1.807) is 12.1 Å². The van der Waals surface area contributed by atoms with Crippen molar-refractivity contribution in [2.24, 2.45) is 0 Å². The Kier molecular flexibility index (Phi) is 4.65. The molecule has 2 rings (SSSR count). The van der Waals surface area contributed by atoms with Crippen LogP contribution in [0.3, 0.4) is 0 Å². The summed E-state index contributed by atoms with van der Waals surface area (Å²) in [6, 6.07) is 4.75. The van der Waals surface area contributed by atoms with Gasteiger partial charge in [0, 0.05) is 18.7 Å². The van der Waals surface area contributed by atoms with Gasteiger partial charge in [0.25, 0.3) is 0 Å². The molecular weight excluding hydrogens is 278 g/mol. The maximum absolute atomic E-state index is 12.6. The van der Waals surface area contributed by atoms with Crippen LogP contribution in [0.5, 0.6) is 5.75 Å². The summed E-state index contributed by atoms with van der Waals surface area (Å²) in [4.78, 5) is 0.131. The van der Waals surface area contributed by atoms with E-state index >= 15 is 0 Å². The Morgan fingerprint density at radius 3 is 2.65 bits per heavy atom. The SMILES string of the molecule is COc1ccc(C#CCO)cc1S(=O)(=O)N1CCCC1. The second-order valence-electron chi connectivity index (χ2n) is 4.44. The van der Waals surface area contributed by atoms with Crippen LogP contribution in [-0.4, -0.2) is 44.6 Å². The summed E-state index contributed by atoms with van der Waals surface area (Å²) in [5, 5.41) is 8.71. The smallest absolute Gasteiger partial charge is 0.246 e. The van der Waals surface area contributed by atoms with Crippen molar-refractivity contribution < 1.29 is 18.3 Å². The van der Waals surface area contributed by atoms with Crippen LogP contribution in [0.15, 0.2) is 23.1 Å². The number of aliphatic hydroxyl groups is 1. The summed E-state index contributed by atoms with van der Waals surface area (Å²) in [5.74, 6) is 5.53. The predicted molar refractivity (Wildman–Crippen MR) is 75.0 cm³/mol. The van der Waals surface area contributed by atoms with Gasteiger partial charge in [-0.3, -0.25) is 0 Å². The van der Waals surface area contributed by atoms with E-state index in [2.05, 4.69) is 11.8 Å². The summed E-state index contributed by atoms with van der Waals surface area (Å²) in [6.07, 6.45) is 1.76. The monoisotopic (exact) mass is 295 g/mol. The molecule has 1 fully saturated rings. The summed E-state index contributed by atoms with van der Waals surface area (Å²) in [5.41, 5.74) is 0.539. The first-order valence-electron chi connectivity index (χ1n) is 6.37. The molecule has 108 valence electrons. The van der Waals surface area contributed by atoms with Gasteiger partial charge in [-0.05, 0) is 31.0 Å². The van der Waals surface area contributed by atoms with E-state index in [1.165, 1.54) is 17.5 Å². The molecule has 0 radical (unpaired) electrons. The van der Waals surface area contributed by atoms with Gasteiger partial charge in [0.05, 0.1) is 7.11 Å². The Labute approximate surface area is 119 Å². The molecular formula is C14H17NO4S. The van der Waals surface area contributed by atoms with Gasteiger partial charge in [-0.25, -0.2) is 8.42 Å². The molecule has 1 aliphatic rings. The molecule has 1 saturated heterocycles. The Balaban J connectivity index is 2.47. The first-order valence-corrected chi connectivity index (χ1v) is 7.81. The predicted octanol–water partition coefficient (Wildman–Crippen LogP) is 0.823. The third-order valence-corrected chi connectivity index (χ3v) is 5.08. The van der Waals surface area contributed by atoms with Crippen molar-refractivity contribution in [2.75, 3.05) is 26.8 Å². The Hall–Kier alpha value is -1.55. The van der Waals surface area contributed by atoms with E-state index in [1.807, 2.05) is 0 Å². The molecule has 1 aromatic carbocycles. The van der Waals surface area contributed by atoms with Gasteiger partial charge < -0.3 is 9.84 Å². The zero-order valence-electron chi connectivity index (χ0n) is 11.3. The lowest BCUT2D eigenvalue weighted by Gasteiger charge is -2.17. The first-order chi connectivity index (χ1) is 9.59. The number of hydrogen-bond acceptors (Lipinski definition) is 4. The topological polar surface area (TPSA) is 66.8 Å². The van der Waals surface area contributed by atoms with E-state index < -0.39 is 10.0 Å². The van der Waals surface area contributed by atoms with E-state index in [0.29, 0.717) is 24.4 Å². The van der Waals surface area contributed by atoms with Crippen molar-refractivity contribution in [1.82, 2.24) is 4.31 Å². The minimum absolute atomic E-state index is 0.131. The maximum Gasteiger partial charge on any atom is 0.246 e. The number of rotatable bonds is 3. The highest BCUT2D eigenvalue weighted by Crippen LogP contribution is 2.29. The molecule has 5 nitrogen and oxygen atoms in total. The molecule has 0 spiro atoms. The quantitative estimate of drug-likeness (QED) is 0.839. The molecule has 1 heterocycles. The second kappa shape index (κ2) is 6.27. The normalized spacial score (nSPS) is 15.7. The van der Waals surface area contributed by atoms with Crippen molar-refractivity contribution >= 4 is 10.0 Å². The molecule has 0 atom stereocenters. The van der Waals surface area contributed by atoms with Crippen LogP contribution in [0, 0.1) is 11.8 Å². The third kappa shape index (κ3) is 2.96. The van der Waals surface area contributed by atoms with Crippen LogP contribution in [0.4, 0.5) is 0 Å². The molecule has 0 amide bonds. The lowest BCUT2D eigenvalue weighted by Crippen LogP contribution is -2.28. The van der Waals surface area contributed by atoms with Gasteiger partial charge >= 0.3 is 0 Å². The van der Waals surface area contributed by atoms with Crippen LogP contribution < -0.4 is 4.74 Å². The van der Waals surface area contributed by atoms with Gasteiger partial charge in [0.2, 0.25) is 10.0 Å². The number of aliphatic hydroxyl groups excluding tert-OH is 1. The largest absolute Gasteiger partial charge is 0.495 e. The fourth-order valence-electron chi connectivity index (χ4n) is 2.17. The fraction of sp³-hybridized carbons (Fsp3) is 0.429. The number of nitrogens with zero attached hydrogens (tertiary/aromatic N) is 1. The van der Waals surface area contributed by atoms with Gasteiger partial charge in [0.15, 0.2) is 0 Å². The molecule has 0 aromatic heterocycles. The number of benzene rings is 1. The average Bonchev–Trinajstić information content (AvgIpc) is 2.99. The van der Waals surface area contributed by atoms with Crippen LogP contribution >= 0.6 is 0 Å². The number of hydrogen-bond donors (Lipinski definition) is 1. The van der Waals surface area contributed by atoms with E-state index in [-0.39, 0.29) is 11.5 Å². The minimum Gasteiger partial charge on any atom is -0.495 e. The van der Waals surface area contributed by atoms with Crippen molar-refractivity contribution in [1.29, 1.82) is 0 Å². The number of methoxy groups -OCH3 is 1. The molecule has 0 aliphatic carbocycles. The van der Waals surface area contributed by atoms with Crippen molar-refractivity contribution in [2.45, 2.75) is 17.7 Å². The zero-order valence-corrected chi connectivity index (χ0v) is 12.1. The molecule has 6 heteroatoms. The van der Waals surface area contributed by atoms with Gasteiger partial charge in [-0.1, -0.05) is 11.8 Å². The highest BCUT2D eigenvalue weighted by atomic mass is 32.2.